The van der Waals surface area contributed by atoms with Crippen LogP contribution in [0.3, 0.4) is 0 Å². The van der Waals surface area contributed by atoms with Gasteiger partial charge in [-0.05, 0) is 34.7 Å². The number of anilines is 2. The Balaban J connectivity index is 1.87. The zero-order valence-electron chi connectivity index (χ0n) is 23.5. The highest BCUT2D eigenvalue weighted by Crippen LogP contribution is 2.34. The molecule has 0 fully saturated rings. The third-order valence-corrected chi connectivity index (χ3v) is 7.29. The molecule has 0 saturated heterocycles. The minimum Gasteiger partial charge on any atom is -0.480 e. The number of para-hydroxylation sites is 2. The molecule has 0 aromatic heterocycles. The van der Waals surface area contributed by atoms with E-state index in [-0.39, 0.29) is 12.8 Å². The van der Waals surface area contributed by atoms with Crippen molar-refractivity contribution in [3.8, 4) is 0 Å². The highest BCUT2D eigenvalue weighted by molar-refractivity contribution is 6.39. The number of carbonyl (C=O) groups excluding carboxylic acids is 3. The van der Waals surface area contributed by atoms with E-state index in [1.54, 1.807) is 93.6 Å². The number of carboxylic acid groups (broad SMARTS) is 1. The number of aliphatic carboxylic acids is 1. The minimum absolute atomic E-state index is 0.00296. The molecule has 42 heavy (non-hydrogen) atoms. The molecule has 0 spiro atoms. The van der Waals surface area contributed by atoms with Gasteiger partial charge in [-0.3, -0.25) is 14.4 Å². The number of carbonyl (C=O) groups is 4. The number of rotatable bonds is 12. The van der Waals surface area contributed by atoms with Gasteiger partial charge >= 0.3 is 5.97 Å². The molecule has 0 aliphatic carbocycles. The first-order valence-electron chi connectivity index (χ1n) is 13.2. The van der Waals surface area contributed by atoms with Crippen LogP contribution in [0.25, 0.3) is 0 Å². The van der Waals surface area contributed by atoms with Crippen LogP contribution >= 0.6 is 23.2 Å². The quantitative estimate of drug-likeness (QED) is 0.199. The Morgan fingerprint density at radius 3 is 2.02 bits per heavy atom. The summed E-state index contributed by atoms with van der Waals surface area (Å²) in [5.41, 5.74) is 7.14. The van der Waals surface area contributed by atoms with Crippen molar-refractivity contribution >= 4 is 58.3 Å². The number of nitrogens with two attached hydrogens (primary N) is 1. The number of primary amides is 1. The fourth-order valence-electron chi connectivity index (χ4n) is 4.65. The number of carboxylic acids is 1. The van der Waals surface area contributed by atoms with Crippen LogP contribution in [-0.2, 0) is 32.0 Å². The number of halogens is 2. The Labute approximate surface area is 254 Å². The monoisotopic (exact) mass is 612 g/mol. The molecule has 3 aromatic rings. The molecular weight excluding hydrogens is 579 g/mol. The van der Waals surface area contributed by atoms with Crippen LogP contribution in [0.4, 0.5) is 11.4 Å². The fraction of sp³-hybridized carbons (Fsp3) is 0.290. The molecule has 0 heterocycles. The van der Waals surface area contributed by atoms with Gasteiger partial charge < -0.3 is 26.8 Å². The van der Waals surface area contributed by atoms with Gasteiger partial charge in [-0.1, -0.05) is 98.6 Å². The lowest BCUT2D eigenvalue weighted by atomic mass is 9.75. The van der Waals surface area contributed by atoms with Crippen LogP contribution in [0.5, 0.6) is 0 Å². The van der Waals surface area contributed by atoms with Crippen LogP contribution in [0.2, 0.25) is 10.0 Å². The van der Waals surface area contributed by atoms with Crippen LogP contribution in [0.1, 0.15) is 31.9 Å². The Hall–Kier alpha value is -4.08. The normalized spacial score (nSPS) is 13.4. The van der Waals surface area contributed by atoms with Gasteiger partial charge in [-0.15, -0.1) is 0 Å². The molecule has 0 radical (unpaired) electrons. The summed E-state index contributed by atoms with van der Waals surface area (Å²) in [5, 5.41) is 18.9. The Bertz CT molecular complexity index is 1420. The topological polar surface area (TPSA) is 151 Å². The average Bonchev–Trinajstić information content (AvgIpc) is 2.90. The molecule has 0 saturated carbocycles. The van der Waals surface area contributed by atoms with Gasteiger partial charge in [0.25, 0.3) is 0 Å². The van der Waals surface area contributed by atoms with E-state index in [4.69, 9.17) is 28.9 Å². The summed E-state index contributed by atoms with van der Waals surface area (Å²) in [6.07, 6.45) is -0.181. The molecule has 0 aliphatic heterocycles. The summed E-state index contributed by atoms with van der Waals surface area (Å²) in [6, 6.07) is 18.1. The largest absolute Gasteiger partial charge is 0.480 e. The predicted octanol–water partition coefficient (Wildman–Crippen LogP) is 4.72. The first-order valence-corrected chi connectivity index (χ1v) is 14.0. The molecule has 3 atom stereocenters. The summed E-state index contributed by atoms with van der Waals surface area (Å²) in [5.74, 6) is -4.64. The van der Waals surface area contributed by atoms with Gasteiger partial charge in [-0.2, -0.15) is 0 Å². The Morgan fingerprint density at radius 2 is 1.45 bits per heavy atom. The lowest BCUT2D eigenvalue weighted by Crippen LogP contribution is -2.60. The molecular formula is C31H34Cl2N4O5. The van der Waals surface area contributed by atoms with E-state index < -0.39 is 47.1 Å². The molecule has 9 nitrogen and oxygen atoms in total. The maximum absolute atomic E-state index is 13.6. The smallest absolute Gasteiger partial charge is 0.326 e. The summed E-state index contributed by atoms with van der Waals surface area (Å²) in [6.45, 7) is 5.13. The van der Waals surface area contributed by atoms with Crippen LogP contribution < -0.4 is 21.7 Å². The predicted molar refractivity (Wildman–Crippen MR) is 164 cm³/mol. The maximum atomic E-state index is 13.6. The highest BCUT2D eigenvalue weighted by Gasteiger charge is 2.42. The fourth-order valence-corrected chi connectivity index (χ4v) is 5.14. The zero-order valence-corrected chi connectivity index (χ0v) is 25.0. The zero-order chi connectivity index (χ0) is 31.0. The molecule has 3 rings (SSSR count). The molecule has 0 bridgehead atoms. The van der Waals surface area contributed by atoms with Crippen molar-refractivity contribution in [3.63, 3.8) is 0 Å². The SMILES string of the molecule is CC(C)(C)C(C(N)=O)[C@H](NC(=O)Cc1ccccc1Nc1c(Cl)cccc1Cl)C(=O)N[C@@H](Cc1ccccc1)C(=O)O. The Kier molecular flexibility index (Phi) is 11.0. The van der Waals surface area contributed by atoms with Gasteiger partial charge in [0.1, 0.15) is 12.1 Å². The summed E-state index contributed by atoms with van der Waals surface area (Å²) in [4.78, 5) is 51.6. The second-order valence-corrected chi connectivity index (χ2v) is 11.8. The first kappa shape index (κ1) is 32.4. The van der Waals surface area contributed by atoms with Crippen molar-refractivity contribution < 1.29 is 24.3 Å². The van der Waals surface area contributed by atoms with Crippen molar-refractivity contribution in [2.75, 3.05) is 5.32 Å². The summed E-state index contributed by atoms with van der Waals surface area (Å²) in [7, 11) is 0. The van der Waals surface area contributed by atoms with Crippen molar-refractivity contribution in [1.82, 2.24) is 10.6 Å². The molecule has 3 amide bonds. The number of benzene rings is 3. The molecule has 11 heteroatoms. The van der Waals surface area contributed by atoms with E-state index in [1.807, 2.05) is 0 Å². The van der Waals surface area contributed by atoms with E-state index in [0.717, 1.165) is 0 Å². The first-order chi connectivity index (χ1) is 19.8. The molecule has 0 aliphatic rings. The lowest BCUT2D eigenvalue weighted by Gasteiger charge is -2.35. The standard InChI is InChI=1S/C31H34Cl2N4O5/c1-31(2,3)25(28(34)39)27(29(40)36-23(30(41)42)16-18-10-5-4-6-11-18)37-24(38)17-19-12-7-8-15-22(19)35-26-20(32)13-9-14-21(26)33/h4-15,23,25,27,35H,16-17H2,1-3H3,(H2,34,39)(H,36,40)(H,37,38)(H,41,42)/t23-,25?,27-/m0/s1. The van der Waals surface area contributed by atoms with E-state index in [1.165, 1.54) is 0 Å². The van der Waals surface area contributed by atoms with E-state index in [0.29, 0.717) is 32.5 Å². The van der Waals surface area contributed by atoms with Gasteiger partial charge in [0, 0.05) is 12.1 Å². The van der Waals surface area contributed by atoms with E-state index in [9.17, 15) is 24.3 Å². The second-order valence-electron chi connectivity index (χ2n) is 10.9. The number of amides is 3. The van der Waals surface area contributed by atoms with E-state index in [2.05, 4.69) is 16.0 Å². The van der Waals surface area contributed by atoms with Crippen molar-refractivity contribution in [2.45, 2.75) is 45.7 Å². The van der Waals surface area contributed by atoms with Crippen molar-refractivity contribution in [2.24, 2.45) is 17.1 Å². The van der Waals surface area contributed by atoms with Gasteiger partial charge in [-0.25, -0.2) is 4.79 Å². The van der Waals surface area contributed by atoms with Gasteiger partial charge in [0.05, 0.1) is 28.1 Å². The van der Waals surface area contributed by atoms with Crippen LogP contribution in [0.15, 0.2) is 72.8 Å². The summed E-state index contributed by atoms with van der Waals surface area (Å²) < 4.78 is 0. The third-order valence-electron chi connectivity index (χ3n) is 6.66. The van der Waals surface area contributed by atoms with Crippen LogP contribution in [0, 0.1) is 11.3 Å². The lowest BCUT2D eigenvalue weighted by molar-refractivity contribution is -0.143. The van der Waals surface area contributed by atoms with E-state index >= 15 is 0 Å². The third kappa shape index (κ3) is 8.71. The Morgan fingerprint density at radius 1 is 0.857 bits per heavy atom. The maximum Gasteiger partial charge on any atom is 0.326 e. The van der Waals surface area contributed by atoms with Crippen molar-refractivity contribution in [3.05, 3.63) is 94.0 Å². The number of hydrogen-bond donors (Lipinski definition) is 5. The molecule has 6 N–H and O–H groups in total. The highest BCUT2D eigenvalue weighted by atomic mass is 35.5. The van der Waals surface area contributed by atoms with Gasteiger partial charge in [0.2, 0.25) is 17.7 Å². The average molecular weight is 614 g/mol. The number of hydrogen-bond acceptors (Lipinski definition) is 5. The molecule has 3 aromatic carbocycles. The van der Waals surface area contributed by atoms with Crippen molar-refractivity contribution in [1.29, 1.82) is 0 Å². The molecule has 222 valence electrons. The summed E-state index contributed by atoms with van der Waals surface area (Å²) >= 11 is 12.6. The second kappa shape index (κ2) is 14.2. The molecule has 1 unspecified atom stereocenters. The number of nitrogens with one attached hydrogen (secondary N) is 3. The minimum atomic E-state index is -1.44. The van der Waals surface area contributed by atoms with Gasteiger partial charge in [0.15, 0.2) is 0 Å². The van der Waals surface area contributed by atoms with Crippen LogP contribution in [-0.4, -0.2) is 40.9 Å².